The molecule has 1 aromatic rings. The SMILES string of the molecule is [2H]C1C[C@H](C2CCC(CCCC)CC2)CC([2H])([2H])[C@H]1c1cc(F)c(F)c(F)c1. The molecular formula is C22H31F3. The molecule has 0 radical (unpaired) electrons. The standard InChI is InChI=1S/C22H31F3/c1-2-3-4-15-5-7-16(8-6-15)17-9-11-18(12-10-17)19-13-20(23)22(25)21(24)14-19/h13-18H,2-12H2,1H3/t15?,16?,17-,18-/i11D,12D2/t11?,15?,16?,17-,18-/m0/s1. The molecule has 1 aromatic carbocycles. The molecule has 140 valence electrons. The summed E-state index contributed by atoms with van der Waals surface area (Å²) in [5, 5.41) is 0. The Balaban J connectivity index is 1.69. The minimum atomic E-state index is -1.73. The Kier molecular flexibility index (Phi) is 5.19. The minimum Gasteiger partial charge on any atom is -0.204 e. The number of unbranched alkanes of at least 4 members (excludes halogenated alkanes) is 1. The van der Waals surface area contributed by atoms with Crippen LogP contribution >= 0.6 is 0 Å². The van der Waals surface area contributed by atoms with E-state index in [4.69, 9.17) is 4.11 Å². The van der Waals surface area contributed by atoms with Crippen LogP contribution < -0.4 is 0 Å². The van der Waals surface area contributed by atoms with Crippen molar-refractivity contribution in [3.8, 4) is 0 Å². The Morgan fingerprint density at radius 3 is 2.20 bits per heavy atom. The lowest BCUT2D eigenvalue weighted by Gasteiger charge is -2.38. The van der Waals surface area contributed by atoms with Crippen LogP contribution in [0, 0.1) is 35.2 Å². The average molecular weight is 356 g/mol. The summed E-state index contributed by atoms with van der Waals surface area (Å²) in [6, 6.07) is 1.73. The summed E-state index contributed by atoms with van der Waals surface area (Å²) < 4.78 is 66.2. The fraction of sp³-hybridized carbons (Fsp3) is 0.727. The van der Waals surface area contributed by atoms with Gasteiger partial charge in [0.1, 0.15) is 0 Å². The quantitative estimate of drug-likeness (QED) is 0.483. The Morgan fingerprint density at radius 2 is 1.60 bits per heavy atom. The molecule has 2 saturated carbocycles. The second kappa shape index (κ2) is 8.60. The van der Waals surface area contributed by atoms with Crippen molar-refractivity contribution in [3.63, 3.8) is 0 Å². The van der Waals surface area contributed by atoms with Crippen LogP contribution in [0.25, 0.3) is 0 Å². The van der Waals surface area contributed by atoms with Gasteiger partial charge in [0, 0.05) is 4.11 Å². The molecule has 1 unspecified atom stereocenters. The number of halogens is 3. The van der Waals surface area contributed by atoms with Crippen molar-refractivity contribution < 1.29 is 17.3 Å². The fourth-order valence-electron chi connectivity index (χ4n) is 4.56. The van der Waals surface area contributed by atoms with Crippen molar-refractivity contribution in [2.24, 2.45) is 17.8 Å². The molecule has 0 bridgehead atoms. The van der Waals surface area contributed by atoms with Gasteiger partial charge in [-0.2, -0.15) is 0 Å². The third-order valence-electron chi connectivity index (χ3n) is 6.16. The van der Waals surface area contributed by atoms with Crippen molar-refractivity contribution >= 4 is 0 Å². The maximum Gasteiger partial charge on any atom is 0.194 e. The highest BCUT2D eigenvalue weighted by molar-refractivity contribution is 5.23. The fourth-order valence-corrected chi connectivity index (χ4v) is 4.56. The van der Waals surface area contributed by atoms with E-state index in [9.17, 15) is 13.2 Å². The molecule has 0 N–H and O–H groups in total. The smallest absolute Gasteiger partial charge is 0.194 e. The monoisotopic (exact) mass is 355 g/mol. The van der Waals surface area contributed by atoms with E-state index in [1.165, 1.54) is 32.1 Å². The Labute approximate surface area is 154 Å². The Bertz CT molecular complexity index is 648. The van der Waals surface area contributed by atoms with Crippen molar-refractivity contribution in [1.82, 2.24) is 0 Å². The van der Waals surface area contributed by atoms with Crippen LogP contribution in [-0.2, 0) is 0 Å². The molecule has 0 saturated heterocycles. The maximum atomic E-state index is 13.7. The van der Waals surface area contributed by atoms with E-state index >= 15 is 0 Å². The molecule has 25 heavy (non-hydrogen) atoms. The largest absolute Gasteiger partial charge is 0.204 e. The molecule has 2 aliphatic carbocycles. The van der Waals surface area contributed by atoms with Gasteiger partial charge in [-0.3, -0.25) is 0 Å². The van der Waals surface area contributed by atoms with Crippen LogP contribution in [-0.4, -0.2) is 0 Å². The second-order valence-electron chi connectivity index (χ2n) is 7.84. The average Bonchev–Trinajstić information content (AvgIpc) is 2.63. The normalized spacial score (nSPS) is 37.1. The molecule has 0 heterocycles. The first-order valence-electron chi connectivity index (χ1n) is 11.4. The maximum absolute atomic E-state index is 13.7. The Morgan fingerprint density at radius 1 is 0.960 bits per heavy atom. The van der Waals surface area contributed by atoms with Gasteiger partial charge >= 0.3 is 0 Å². The summed E-state index contributed by atoms with van der Waals surface area (Å²) in [5.41, 5.74) is 0.0584. The van der Waals surface area contributed by atoms with E-state index in [0.717, 1.165) is 30.9 Å². The first-order chi connectivity index (χ1) is 13.2. The van der Waals surface area contributed by atoms with Gasteiger partial charge in [-0.25, -0.2) is 13.2 Å². The summed E-state index contributed by atoms with van der Waals surface area (Å²) in [4.78, 5) is 0. The van der Waals surface area contributed by atoms with Gasteiger partial charge in [0.2, 0.25) is 0 Å². The number of benzene rings is 1. The van der Waals surface area contributed by atoms with E-state index in [-0.39, 0.29) is 11.5 Å². The lowest BCUT2D eigenvalue weighted by Crippen LogP contribution is -2.25. The zero-order chi connectivity index (χ0) is 20.5. The number of hydrogen-bond acceptors (Lipinski definition) is 0. The van der Waals surface area contributed by atoms with Crippen LogP contribution in [0.1, 0.15) is 93.1 Å². The van der Waals surface area contributed by atoms with E-state index in [1.54, 1.807) is 0 Å². The van der Waals surface area contributed by atoms with Crippen LogP contribution in [0.4, 0.5) is 13.2 Å². The molecule has 0 nitrogen and oxygen atoms in total. The zero-order valence-electron chi connectivity index (χ0n) is 18.0. The van der Waals surface area contributed by atoms with Gasteiger partial charge in [0.15, 0.2) is 17.5 Å². The third kappa shape index (κ3) is 4.60. The minimum absolute atomic E-state index is 0.0584. The molecule has 3 atom stereocenters. The molecule has 2 fully saturated rings. The molecule has 3 rings (SSSR count). The van der Waals surface area contributed by atoms with Crippen molar-refractivity contribution in [2.75, 3.05) is 0 Å². The van der Waals surface area contributed by atoms with Gasteiger partial charge in [-0.05, 0) is 79.8 Å². The second-order valence-corrected chi connectivity index (χ2v) is 7.84. The molecule has 2 aliphatic rings. The highest BCUT2D eigenvalue weighted by Crippen LogP contribution is 2.44. The summed E-state index contributed by atoms with van der Waals surface area (Å²) in [6.07, 6.45) is 6.64. The predicted molar refractivity (Wildman–Crippen MR) is 96.0 cm³/mol. The van der Waals surface area contributed by atoms with E-state index < -0.39 is 36.1 Å². The molecular weight excluding hydrogens is 321 g/mol. The summed E-state index contributed by atoms with van der Waals surface area (Å²) in [5.74, 6) is -3.76. The summed E-state index contributed by atoms with van der Waals surface area (Å²) in [7, 11) is 0. The molecule has 0 aromatic heterocycles. The van der Waals surface area contributed by atoms with Crippen LogP contribution in [0.15, 0.2) is 12.1 Å². The first kappa shape index (κ1) is 15.1. The topological polar surface area (TPSA) is 0 Å². The molecule has 3 heteroatoms. The van der Waals surface area contributed by atoms with Crippen LogP contribution in [0.5, 0.6) is 0 Å². The lowest BCUT2D eigenvalue weighted by molar-refractivity contribution is 0.155. The van der Waals surface area contributed by atoms with Gasteiger partial charge in [-0.15, -0.1) is 0 Å². The highest BCUT2D eigenvalue weighted by Gasteiger charge is 2.31. The van der Waals surface area contributed by atoms with Gasteiger partial charge in [0.05, 0.1) is 0 Å². The van der Waals surface area contributed by atoms with Crippen LogP contribution in [0.3, 0.4) is 0 Å². The van der Waals surface area contributed by atoms with E-state index in [0.29, 0.717) is 18.8 Å². The summed E-state index contributed by atoms with van der Waals surface area (Å²) >= 11 is 0. The third-order valence-corrected chi connectivity index (χ3v) is 6.16. The molecule has 0 spiro atoms. The Hall–Kier alpha value is -0.990. The van der Waals surface area contributed by atoms with Gasteiger partial charge < -0.3 is 0 Å². The highest BCUT2D eigenvalue weighted by atomic mass is 19.2. The van der Waals surface area contributed by atoms with Gasteiger partial charge in [0.25, 0.3) is 0 Å². The van der Waals surface area contributed by atoms with Crippen molar-refractivity contribution in [3.05, 3.63) is 35.1 Å². The lowest BCUT2D eigenvalue weighted by atomic mass is 9.68. The van der Waals surface area contributed by atoms with Crippen molar-refractivity contribution in [2.45, 2.75) is 83.4 Å². The van der Waals surface area contributed by atoms with E-state index in [1.807, 2.05) is 0 Å². The van der Waals surface area contributed by atoms with Crippen LogP contribution in [0.2, 0.25) is 0 Å². The summed E-state index contributed by atoms with van der Waals surface area (Å²) in [6.45, 7) is 2.21. The molecule has 0 amide bonds. The predicted octanol–water partition coefficient (Wildman–Crippen LogP) is 7.37. The molecule has 0 aliphatic heterocycles. The number of hydrogen-bond donors (Lipinski definition) is 0. The number of rotatable bonds is 5. The van der Waals surface area contributed by atoms with Gasteiger partial charge in [-0.1, -0.05) is 39.0 Å². The zero-order valence-corrected chi connectivity index (χ0v) is 15.0. The first-order valence-corrected chi connectivity index (χ1v) is 9.79. The van der Waals surface area contributed by atoms with Crippen molar-refractivity contribution in [1.29, 1.82) is 0 Å². The van der Waals surface area contributed by atoms with E-state index in [2.05, 4.69) is 6.92 Å².